The van der Waals surface area contributed by atoms with Gasteiger partial charge in [0.15, 0.2) is 11.5 Å². The van der Waals surface area contributed by atoms with E-state index < -0.39 is 23.2 Å². The van der Waals surface area contributed by atoms with Gasteiger partial charge in [-0.1, -0.05) is 6.07 Å². The molecule has 0 atom stereocenters. The first-order valence-corrected chi connectivity index (χ1v) is 7.23. The zero-order valence-corrected chi connectivity index (χ0v) is 13.9. The summed E-state index contributed by atoms with van der Waals surface area (Å²) in [5.41, 5.74) is 0.0285. The minimum atomic E-state index is -0.856. The summed E-state index contributed by atoms with van der Waals surface area (Å²) in [6.07, 6.45) is 2.57. The zero-order valence-electron chi connectivity index (χ0n) is 13.9. The van der Waals surface area contributed by atoms with E-state index in [0.717, 1.165) is 18.2 Å². The lowest BCUT2D eigenvalue weighted by Gasteiger charge is -2.14. The second-order valence-electron chi connectivity index (χ2n) is 4.84. The van der Waals surface area contributed by atoms with Gasteiger partial charge in [-0.2, -0.15) is 0 Å². The second kappa shape index (κ2) is 8.14. The predicted octanol–water partition coefficient (Wildman–Crippen LogP) is 3.64. The highest BCUT2D eigenvalue weighted by Gasteiger charge is 2.15. The highest BCUT2D eigenvalue weighted by Crippen LogP contribution is 2.40. The molecule has 2 aromatic rings. The molecule has 25 heavy (non-hydrogen) atoms. The van der Waals surface area contributed by atoms with Gasteiger partial charge in [0, 0.05) is 11.6 Å². The van der Waals surface area contributed by atoms with Crippen molar-refractivity contribution in [1.29, 1.82) is 0 Å². The van der Waals surface area contributed by atoms with Gasteiger partial charge in [-0.3, -0.25) is 4.79 Å². The number of nitrogens with one attached hydrogen (secondary N) is 1. The standard InChI is InChI=1S/C18H17F2NO4/c1-23-14-9-7-11(17(24-2)18(14)25-3)8-10-15(22)21-16-12(19)5-4-6-13(16)20/h4-10H,1-3H3,(H,21,22)/b10-8+. The van der Waals surface area contributed by atoms with Crippen LogP contribution in [0.15, 0.2) is 36.4 Å². The van der Waals surface area contributed by atoms with Gasteiger partial charge in [-0.25, -0.2) is 8.78 Å². The Morgan fingerprint density at radius 2 is 1.60 bits per heavy atom. The third-order valence-electron chi connectivity index (χ3n) is 3.36. The largest absolute Gasteiger partial charge is 0.493 e. The number of ether oxygens (including phenoxy) is 3. The van der Waals surface area contributed by atoms with Gasteiger partial charge in [0.2, 0.25) is 11.7 Å². The van der Waals surface area contributed by atoms with E-state index in [2.05, 4.69) is 5.32 Å². The molecular formula is C18H17F2NO4. The fraction of sp³-hybridized carbons (Fsp3) is 0.167. The molecule has 1 N–H and O–H groups in total. The molecule has 0 saturated heterocycles. The average molecular weight is 349 g/mol. The van der Waals surface area contributed by atoms with E-state index >= 15 is 0 Å². The number of benzene rings is 2. The van der Waals surface area contributed by atoms with Crippen LogP contribution in [0.4, 0.5) is 14.5 Å². The van der Waals surface area contributed by atoms with Crippen molar-refractivity contribution in [3.63, 3.8) is 0 Å². The molecule has 1 amide bonds. The Labute approximate surface area is 143 Å². The number of para-hydroxylation sites is 1. The molecule has 7 heteroatoms. The number of hydrogen-bond acceptors (Lipinski definition) is 4. The minimum Gasteiger partial charge on any atom is -0.493 e. The molecule has 0 aliphatic heterocycles. The first kappa shape index (κ1) is 18.3. The Kier molecular flexibility index (Phi) is 5.94. The number of carbonyl (C=O) groups excluding carboxylic acids is 1. The lowest BCUT2D eigenvalue weighted by atomic mass is 10.1. The zero-order chi connectivity index (χ0) is 18.4. The Bertz CT molecular complexity index is 786. The maximum Gasteiger partial charge on any atom is 0.248 e. The molecule has 0 bridgehead atoms. The average Bonchev–Trinajstić information content (AvgIpc) is 2.62. The van der Waals surface area contributed by atoms with Crippen molar-refractivity contribution in [2.24, 2.45) is 0 Å². The topological polar surface area (TPSA) is 56.8 Å². The van der Waals surface area contributed by atoms with E-state index in [9.17, 15) is 13.6 Å². The minimum absolute atomic E-state index is 0.364. The first-order valence-electron chi connectivity index (χ1n) is 7.23. The molecule has 0 aliphatic carbocycles. The molecule has 0 fully saturated rings. The molecule has 0 spiro atoms. The van der Waals surface area contributed by atoms with Crippen LogP contribution in [0.5, 0.6) is 17.2 Å². The summed E-state index contributed by atoms with van der Waals surface area (Å²) in [4.78, 5) is 11.9. The molecule has 0 aliphatic rings. The van der Waals surface area contributed by atoms with Crippen molar-refractivity contribution in [3.05, 3.63) is 53.6 Å². The maximum absolute atomic E-state index is 13.5. The van der Waals surface area contributed by atoms with Crippen molar-refractivity contribution >= 4 is 17.7 Å². The van der Waals surface area contributed by atoms with Crippen molar-refractivity contribution in [2.75, 3.05) is 26.6 Å². The normalized spacial score (nSPS) is 10.6. The predicted molar refractivity (Wildman–Crippen MR) is 90.1 cm³/mol. The molecule has 5 nitrogen and oxygen atoms in total. The van der Waals surface area contributed by atoms with E-state index in [4.69, 9.17) is 14.2 Å². The van der Waals surface area contributed by atoms with Crippen LogP contribution in [-0.4, -0.2) is 27.2 Å². The molecular weight excluding hydrogens is 332 g/mol. The Morgan fingerprint density at radius 1 is 0.960 bits per heavy atom. The number of rotatable bonds is 6. The van der Waals surface area contributed by atoms with Gasteiger partial charge in [-0.05, 0) is 30.3 Å². The first-order chi connectivity index (χ1) is 12.0. The second-order valence-corrected chi connectivity index (χ2v) is 4.84. The van der Waals surface area contributed by atoms with Gasteiger partial charge in [-0.15, -0.1) is 0 Å². The Balaban J connectivity index is 2.25. The van der Waals surface area contributed by atoms with Crippen LogP contribution in [0, 0.1) is 11.6 Å². The van der Waals surface area contributed by atoms with Crippen LogP contribution in [0.2, 0.25) is 0 Å². The number of amides is 1. The van der Waals surface area contributed by atoms with Gasteiger partial charge in [0.1, 0.15) is 17.3 Å². The third kappa shape index (κ3) is 4.06. The number of anilines is 1. The quantitative estimate of drug-likeness (QED) is 0.809. The van der Waals surface area contributed by atoms with Crippen LogP contribution >= 0.6 is 0 Å². The van der Waals surface area contributed by atoms with Crippen LogP contribution in [0.25, 0.3) is 6.08 Å². The molecule has 0 unspecified atom stereocenters. The molecule has 2 aromatic carbocycles. The number of halogens is 2. The monoisotopic (exact) mass is 349 g/mol. The van der Waals surface area contributed by atoms with Gasteiger partial charge in [0.25, 0.3) is 0 Å². The molecule has 2 rings (SSSR count). The Morgan fingerprint density at radius 3 is 2.16 bits per heavy atom. The van der Waals surface area contributed by atoms with Gasteiger partial charge < -0.3 is 19.5 Å². The fourth-order valence-corrected chi connectivity index (χ4v) is 2.20. The Hall–Kier alpha value is -3.09. The van der Waals surface area contributed by atoms with Crippen molar-refractivity contribution in [2.45, 2.75) is 0 Å². The lowest BCUT2D eigenvalue weighted by Crippen LogP contribution is -2.11. The molecule has 0 radical (unpaired) electrons. The van der Waals surface area contributed by atoms with Crippen LogP contribution in [-0.2, 0) is 4.79 Å². The highest BCUT2D eigenvalue weighted by molar-refractivity contribution is 6.02. The van der Waals surface area contributed by atoms with Crippen LogP contribution in [0.1, 0.15) is 5.56 Å². The van der Waals surface area contributed by atoms with E-state index in [-0.39, 0.29) is 0 Å². The number of carbonyl (C=O) groups is 1. The van der Waals surface area contributed by atoms with Gasteiger partial charge >= 0.3 is 0 Å². The van der Waals surface area contributed by atoms with Crippen LogP contribution in [0.3, 0.4) is 0 Å². The van der Waals surface area contributed by atoms with Crippen molar-refractivity contribution in [1.82, 2.24) is 0 Å². The van der Waals surface area contributed by atoms with E-state index in [1.54, 1.807) is 12.1 Å². The smallest absolute Gasteiger partial charge is 0.248 e. The van der Waals surface area contributed by atoms with E-state index in [1.807, 2.05) is 0 Å². The summed E-state index contributed by atoms with van der Waals surface area (Å²) in [5.74, 6) is -1.21. The number of methoxy groups -OCH3 is 3. The van der Waals surface area contributed by atoms with Gasteiger partial charge in [0.05, 0.1) is 21.3 Å². The van der Waals surface area contributed by atoms with E-state index in [0.29, 0.717) is 22.8 Å². The lowest BCUT2D eigenvalue weighted by molar-refractivity contribution is -0.111. The summed E-state index contributed by atoms with van der Waals surface area (Å²) in [7, 11) is 4.40. The number of hydrogen-bond donors (Lipinski definition) is 1. The summed E-state index contributed by atoms with van der Waals surface area (Å²) in [5, 5.41) is 2.16. The molecule has 132 valence electrons. The van der Waals surface area contributed by atoms with Crippen molar-refractivity contribution in [3.8, 4) is 17.2 Å². The SMILES string of the molecule is COc1ccc(/C=C/C(=O)Nc2c(F)cccc2F)c(OC)c1OC. The molecule has 0 aromatic heterocycles. The van der Waals surface area contributed by atoms with Crippen molar-refractivity contribution < 1.29 is 27.8 Å². The summed E-state index contributed by atoms with van der Waals surface area (Å²) >= 11 is 0. The fourth-order valence-electron chi connectivity index (χ4n) is 2.20. The summed E-state index contributed by atoms with van der Waals surface area (Å²) in [6, 6.07) is 6.63. The third-order valence-corrected chi connectivity index (χ3v) is 3.36. The summed E-state index contributed by atoms with van der Waals surface area (Å²) < 4.78 is 42.8. The highest BCUT2D eigenvalue weighted by atomic mass is 19.1. The van der Waals surface area contributed by atoms with E-state index in [1.165, 1.54) is 33.5 Å². The summed E-state index contributed by atoms with van der Waals surface area (Å²) in [6.45, 7) is 0. The van der Waals surface area contributed by atoms with Crippen LogP contribution < -0.4 is 19.5 Å². The molecule has 0 heterocycles. The maximum atomic E-state index is 13.5. The molecule has 0 saturated carbocycles.